The van der Waals surface area contributed by atoms with Gasteiger partial charge in [0.25, 0.3) is 5.91 Å². The number of benzene rings is 3. The van der Waals surface area contributed by atoms with Gasteiger partial charge >= 0.3 is 0 Å². The molecule has 0 saturated carbocycles. The fourth-order valence-corrected chi connectivity index (χ4v) is 6.73. The molecule has 1 aromatic heterocycles. The van der Waals surface area contributed by atoms with Gasteiger partial charge in [0.1, 0.15) is 17.3 Å². The summed E-state index contributed by atoms with van der Waals surface area (Å²) in [6.07, 6.45) is 1.64. The first-order chi connectivity index (χ1) is 22.1. The number of hydrogen-bond donors (Lipinski definition) is 2. The lowest BCUT2D eigenvalue weighted by atomic mass is 9.89. The largest absolute Gasteiger partial charge is 0.496 e. The van der Waals surface area contributed by atoms with E-state index in [9.17, 15) is 18.8 Å². The topological polar surface area (TPSA) is 98.0 Å². The molecule has 2 fully saturated rings. The summed E-state index contributed by atoms with van der Waals surface area (Å²) in [5, 5.41) is 3.59. The van der Waals surface area contributed by atoms with Gasteiger partial charge in [-0.25, -0.2) is 4.39 Å². The molecule has 2 N–H and O–H groups in total. The van der Waals surface area contributed by atoms with Crippen molar-refractivity contribution in [2.75, 3.05) is 58.8 Å². The first-order valence-electron chi connectivity index (χ1n) is 15.4. The van der Waals surface area contributed by atoms with Crippen LogP contribution < -0.4 is 15.0 Å². The minimum Gasteiger partial charge on any atom is -0.496 e. The van der Waals surface area contributed by atoms with E-state index in [1.165, 1.54) is 11.0 Å². The number of H-pyrrole nitrogens is 1. The maximum Gasteiger partial charge on any atom is 0.269 e. The molecule has 3 aromatic carbocycles. The van der Waals surface area contributed by atoms with Gasteiger partial charge < -0.3 is 19.5 Å². The number of methoxy groups -OCH3 is 1. The highest BCUT2D eigenvalue weighted by molar-refractivity contribution is 6.31. The molecule has 2 aliphatic heterocycles. The SMILES string of the molecule is COc1cc(N2CCN(CCc3ccc(C4CCC(=O)NC4=O)c(Cl)c3)CC2)ccc1-c1ccc(F)c2[nH]c(C(=O)N(C)C)cc12. The number of carbonyl (C=O) groups is 3. The zero-order valence-electron chi connectivity index (χ0n) is 26.2. The number of rotatable bonds is 8. The second-order valence-corrected chi connectivity index (χ2v) is 12.5. The van der Waals surface area contributed by atoms with Gasteiger partial charge in [0.2, 0.25) is 11.8 Å². The Bertz CT molecular complexity index is 1810. The molecule has 9 nitrogen and oxygen atoms in total. The molecule has 3 heterocycles. The Morgan fingerprint density at radius 3 is 2.48 bits per heavy atom. The monoisotopic (exact) mass is 645 g/mol. The highest BCUT2D eigenvalue weighted by Crippen LogP contribution is 2.39. The average molecular weight is 646 g/mol. The molecule has 1 atom stereocenters. The third kappa shape index (κ3) is 6.32. The Labute approximate surface area is 272 Å². The van der Waals surface area contributed by atoms with E-state index in [1.54, 1.807) is 33.3 Å². The first kappa shape index (κ1) is 31.6. The Morgan fingerprint density at radius 1 is 1.02 bits per heavy atom. The number of carbonyl (C=O) groups excluding carboxylic acids is 3. The summed E-state index contributed by atoms with van der Waals surface area (Å²) in [5.74, 6) is -0.880. The Morgan fingerprint density at radius 2 is 1.78 bits per heavy atom. The van der Waals surface area contributed by atoms with Gasteiger partial charge in [-0.05, 0) is 59.9 Å². The molecule has 2 saturated heterocycles. The number of halogens is 2. The van der Waals surface area contributed by atoms with Gasteiger partial charge in [0.15, 0.2) is 0 Å². The van der Waals surface area contributed by atoms with Gasteiger partial charge in [-0.1, -0.05) is 29.8 Å². The second-order valence-electron chi connectivity index (χ2n) is 12.1. The molecule has 240 valence electrons. The normalized spacial score (nSPS) is 17.3. The summed E-state index contributed by atoms with van der Waals surface area (Å²) in [7, 11) is 4.95. The van der Waals surface area contributed by atoms with Crippen molar-refractivity contribution in [3.8, 4) is 16.9 Å². The Balaban J connectivity index is 1.10. The molecule has 11 heteroatoms. The van der Waals surface area contributed by atoms with E-state index in [-0.39, 0.29) is 23.2 Å². The zero-order chi connectivity index (χ0) is 32.5. The lowest BCUT2D eigenvalue weighted by Gasteiger charge is -2.36. The second kappa shape index (κ2) is 13.1. The number of hydrogen-bond acceptors (Lipinski definition) is 6. The number of nitrogens with one attached hydrogen (secondary N) is 2. The number of piperazine rings is 1. The maximum atomic E-state index is 14.7. The predicted molar refractivity (Wildman–Crippen MR) is 177 cm³/mol. The van der Waals surface area contributed by atoms with Crippen LogP contribution in [0.2, 0.25) is 5.02 Å². The van der Waals surface area contributed by atoms with Crippen LogP contribution in [0.25, 0.3) is 22.0 Å². The predicted octanol–water partition coefficient (Wildman–Crippen LogP) is 5.22. The summed E-state index contributed by atoms with van der Waals surface area (Å²) in [4.78, 5) is 45.5. The maximum absolute atomic E-state index is 14.7. The Hall–Kier alpha value is -4.41. The van der Waals surface area contributed by atoms with Crippen LogP contribution in [0.15, 0.2) is 54.6 Å². The lowest BCUT2D eigenvalue weighted by molar-refractivity contribution is -0.134. The van der Waals surface area contributed by atoms with Crippen LogP contribution in [0.3, 0.4) is 0 Å². The van der Waals surface area contributed by atoms with Crippen molar-refractivity contribution in [1.29, 1.82) is 0 Å². The van der Waals surface area contributed by atoms with Crippen LogP contribution in [0.1, 0.15) is 40.4 Å². The molecular weight excluding hydrogens is 609 g/mol. The quantitative estimate of drug-likeness (QED) is 0.255. The highest BCUT2D eigenvalue weighted by Gasteiger charge is 2.29. The Kier molecular flexibility index (Phi) is 9.02. The minimum absolute atomic E-state index is 0.227. The van der Waals surface area contributed by atoms with Crippen molar-refractivity contribution in [2.24, 2.45) is 0 Å². The van der Waals surface area contributed by atoms with Gasteiger partial charge in [-0.2, -0.15) is 0 Å². The van der Waals surface area contributed by atoms with E-state index in [0.29, 0.717) is 34.7 Å². The van der Waals surface area contributed by atoms with Crippen molar-refractivity contribution >= 4 is 45.9 Å². The van der Waals surface area contributed by atoms with E-state index in [1.807, 2.05) is 30.3 Å². The van der Waals surface area contributed by atoms with Crippen molar-refractivity contribution in [3.05, 3.63) is 82.3 Å². The van der Waals surface area contributed by atoms with Crippen molar-refractivity contribution in [3.63, 3.8) is 0 Å². The van der Waals surface area contributed by atoms with Gasteiger partial charge in [-0.3, -0.25) is 24.6 Å². The summed E-state index contributed by atoms with van der Waals surface area (Å²) in [6, 6.07) is 16.8. The van der Waals surface area contributed by atoms with Crippen LogP contribution >= 0.6 is 11.6 Å². The molecule has 6 rings (SSSR count). The molecule has 0 spiro atoms. The summed E-state index contributed by atoms with van der Waals surface area (Å²) in [5.41, 5.74) is 5.14. The van der Waals surface area contributed by atoms with Crippen LogP contribution in [0.4, 0.5) is 10.1 Å². The van der Waals surface area contributed by atoms with E-state index in [2.05, 4.69) is 26.2 Å². The number of fused-ring (bicyclic) bond motifs is 1. The zero-order valence-corrected chi connectivity index (χ0v) is 26.9. The van der Waals surface area contributed by atoms with E-state index in [0.717, 1.165) is 67.1 Å². The highest BCUT2D eigenvalue weighted by atomic mass is 35.5. The molecule has 46 heavy (non-hydrogen) atoms. The van der Waals surface area contributed by atoms with Crippen molar-refractivity contribution in [1.82, 2.24) is 20.1 Å². The van der Waals surface area contributed by atoms with Gasteiger partial charge in [-0.15, -0.1) is 0 Å². The lowest BCUT2D eigenvalue weighted by Crippen LogP contribution is -2.47. The third-order valence-corrected chi connectivity index (χ3v) is 9.32. The smallest absolute Gasteiger partial charge is 0.269 e. The van der Waals surface area contributed by atoms with Crippen LogP contribution in [-0.4, -0.2) is 86.4 Å². The summed E-state index contributed by atoms with van der Waals surface area (Å²) in [6.45, 7) is 4.39. The van der Waals surface area contributed by atoms with E-state index >= 15 is 0 Å². The molecule has 0 aliphatic carbocycles. The minimum atomic E-state index is -0.419. The number of amides is 3. The number of ether oxygens (including phenoxy) is 1. The fourth-order valence-electron chi connectivity index (χ4n) is 6.39. The first-order valence-corrected chi connectivity index (χ1v) is 15.8. The number of aromatic nitrogens is 1. The van der Waals surface area contributed by atoms with Crippen molar-refractivity contribution < 1.29 is 23.5 Å². The van der Waals surface area contributed by atoms with Crippen LogP contribution in [0.5, 0.6) is 5.75 Å². The molecule has 2 aliphatic rings. The molecular formula is C35H37ClFN5O4. The fraction of sp³-hybridized carbons (Fsp3) is 0.343. The number of nitrogens with zero attached hydrogens (tertiary/aromatic N) is 3. The van der Waals surface area contributed by atoms with Crippen molar-refractivity contribution in [2.45, 2.75) is 25.2 Å². The van der Waals surface area contributed by atoms with E-state index in [4.69, 9.17) is 16.3 Å². The average Bonchev–Trinajstić information content (AvgIpc) is 3.51. The molecule has 3 amide bonds. The van der Waals surface area contributed by atoms with Gasteiger partial charge in [0.05, 0.1) is 18.5 Å². The number of anilines is 1. The van der Waals surface area contributed by atoms with Crippen LogP contribution in [-0.2, 0) is 16.0 Å². The number of aromatic amines is 1. The van der Waals surface area contributed by atoms with Crippen LogP contribution in [0, 0.1) is 5.82 Å². The molecule has 4 aromatic rings. The van der Waals surface area contributed by atoms with Gasteiger partial charge in [0, 0.05) is 81.0 Å². The van der Waals surface area contributed by atoms with E-state index < -0.39 is 11.7 Å². The number of imide groups is 1. The standard InChI is InChI=1S/C35H37ClFN5O4/c1-40(2)35(45)30-20-27-23(8-10-29(37)33(27)38-30)25-7-5-22(19-31(25)46-3)42-16-14-41(15-17-42)13-12-21-4-6-24(28(36)18-21)26-9-11-32(43)39-34(26)44/h4-8,10,18-20,26,38H,9,11-17H2,1-3H3,(H,39,43,44). The summed E-state index contributed by atoms with van der Waals surface area (Å²) < 4.78 is 20.5. The molecule has 0 radical (unpaired) electrons. The summed E-state index contributed by atoms with van der Waals surface area (Å²) >= 11 is 6.58. The number of piperidine rings is 1. The molecule has 1 unspecified atom stereocenters. The third-order valence-electron chi connectivity index (χ3n) is 8.99. The molecule has 0 bridgehead atoms.